The van der Waals surface area contributed by atoms with E-state index in [-0.39, 0.29) is 10.5 Å². The van der Waals surface area contributed by atoms with E-state index in [0.717, 1.165) is 49.9 Å². The molecule has 2 saturated carbocycles. The van der Waals surface area contributed by atoms with Crippen LogP contribution in [0.2, 0.25) is 0 Å². The van der Waals surface area contributed by atoms with Gasteiger partial charge in [0.15, 0.2) is 0 Å². The SMILES string of the molecule is CCc1cc(N2CCN(S(=O)(=O)C3CC3)CC2)cc2c1Nc1c(CC)cc(N3CCN(S(=O)(=O)C4CC4)CC3)cc1S2. The Labute approximate surface area is 254 Å². The quantitative estimate of drug-likeness (QED) is 0.395. The fourth-order valence-electron chi connectivity index (χ4n) is 6.48. The molecule has 3 aliphatic heterocycles. The average molecular weight is 632 g/mol. The van der Waals surface area contributed by atoms with Gasteiger partial charge < -0.3 is 15.1 Å². The Morgan fingerprint density at radius 3 is 1.36 bits per heavy atom. The van der Waals surface area contributed by atoms with Gasteiger partial charge in [0.2, 0.25) is 20.0 Å². The van der Waals surface area contributed by atoms with Gasteiger partial charge in [-0.05, 0) is 73.9 Å². The Hall–Kier alpha value is -1.99. The summed E-state index contributed by atoms with van der Waals surface area (Å²) in [6, 6.07) is 9.08. The summed E-state index contributed by atoms with van der Waals surface area (Å²) in [6.45, 7) is 9.37. The number of benzene rings is 2. The van der Waals surface area contributed by atoms with Gasteiger partial charge in [-0.2, -0.15) is 8.61 Å². The Bertz CT molecular complexity index is 1470. The number of anilines is 4. The first-order valence-corrected chi connectivity index (χ1v) is 19.3. The summed E-state index contributed by atoms with van der Waals surface area (Å²) in [6.07, 6.45) is 5.03. The zero-order valence-electron chi connectivity index (χ0n) is 24.5. The number of nitrogens with one attached hydrogen (secondary N) is 1. The molecule has 2 aromatic rings. The molecule has 0 unspecified atom stereocenters. The third-order valence-electron chi connectivity index (χ3n) is 9.39. The molecule has 228 valence electrons. The topological polar surface area (TPSA) is 93.3 Å². The molecule has 42 heavy (non-hydrogen) atoms. The van der Waals surface area contributed by atoms with Crippen molar-refractivity contribution in [3.05, 3.63) is 35.4 Å². The summed E-state index contributed by atoms with van der Waals surface area (Å²) in [5, 5.41) is 3.49. The first-order chi connectivity index (χ1) is 20.2. The summed E-state index contributed by atoms with van der Waals surface area (Å²) < 4.78 is 54.4. The lowest BCUT2D eigenvalue weighted by Crippen LogP contribution is -2.49. The lowest BCUT2D eigenvalue weighted by atomic mass is 10.0. The van der Waals surface area contributed by atoms with Crippen LogP contribution in [-0.2, 0) is 32.9 Å². The molecule has 4 fully saturated rings. The number of nitrogens with zero attached hydrogens (tertiary/aromatic N) is 4. The van der Waals surface area contributed by atoms with Crippen LogP contribution in [0.5, 0.6) is 0 Å². The van der Waals surface area contributed by atoms with Crippen molar-refractivity contribution in [2.24, 2.45) is 0 Å². The fourth-order valence-corrected chi connectivity index (χ4v) is 11.3. The summed E-state index contributed by atoms with van der Waals surface area (Å²) in [5.74, 6) is 0. The van der Waals surface area contributed by atoms with Crippen molar-refractivity contribution in [1.82, 2.24) is 8.61 Å². The number of hydrogen-bond acceptors (Lipinski definition) is 8. The van der Waals surface area contributed by atoms with E-state index in [9.17, 15) is 16.8 Å². The molecular formula is C30H41N5O4S3. The van der Waals surface area contributed by atoms with Crippen LogP contribution in [0, 0.1) is 0 Å². The third kappa shape index (κ3) is 5.21. The second-order valence-electron chi connectivity index (χ2n) is 12.2. The zero-order valence-corrected chi connectivity index (χ0v) is 27.0. The van der Waals surface area contributed by atoms with Crippen molar-refractivity contribution in [3.8, 4) is 0 Å². The minimum atomic E-state index is -3.13. The Kier molecular flexibility index (Phi) is 7.44. The monoisotopic (exact) mass is 631 g/mol. The number of aryl methyl sites for hydroxylation is 2. The molecule has 2 aliphatic carbocycles. The highest BCUT2D eigenvalue weighted by Crippen LogP contribution is 2.50. The van der Waals surface area contributed by atoms with Crippen molar-refractivity contribution >= 4 is 54.6 Å². The standard InChI is InChI=1S/C30H41N5O4S3/c1-3-21-17-23(32-9-13-34(14-10-32)41(36,37)25-5-6-25)19-27-29(21)31-30-22(4-2)18-24(20-28(30)40-27)33-11-15-35(16-12-33)42(38,39)26-7-8-26/h17-20,25-26,31H,3-16H2,1-2H3. The lowest BCUT2D eigenvalue weighted by molar-refractivity contribution is 0.384. The molecule has 12 heteroatoms. The number of sulfonamides is 2. The van der Waals surface area contributed by atoms with Crippen LogP contribution in [0.25, 0.3) is 0 Å². The van der Waals surface area contributed by atoms with Gasteiger partial charge in [0.1, 0.15) is 0 Å². The van der Waals surface area contributed by atoms with E-state index < -0.39 is 20.0 Å². The second-order valence-corrected chi connectivity index (χ2v) is 17.7. The molecule has 9 nitrogen and oxygen atoms in total. The summed E-state index contributed by atoms with van der Waals surface area (Å²) >= 11 is 1.80. The molecule has 2 aromatic carbocycles. The molecule has 3 heterocycles. The normalized spacial score (nSPS) is 22.0. The van der Waals surface area contributed by atoms with Crippen LogP contribution in [0.4, 0.5) is 22.7 Å². The Balaban J connectivity index is 1.11. The highest BCUT2D eigenvalue weighted by Gasteiger charge is 2.42. The summed E-state index contributed by atoms with van der Waals surface area (Å²) in [4.78, 5) is 7.06. The largest absolute Gasteiger partial charge is 0.369 e. The molecule has 0 aromatic heterocycles. The predicted molar refractivity (Wildman–Crippen MR) is 171 cm³/mol. The van der Waals surface area contributed by atoms with Gasteiger partial charge in [-0.1, -0.05) is 25.6 Å². The Morgan fingerprint density at radius 2 is 1.02 bits per heavy atom. The number of piperazine rings is 2. The minimum absolute atomic E-state index is 0.153. The smallest absolute Gasteiger partial charge is 0.217 e. The predicted octanol–water partition coefficient (Wildman–Crippen LogP) is 4.25. The van der Waals surface area contributed by atoms with E-state index in [1.165, 1.54) is 32.3 Å². The van der Waals surface area contributed by atoms with Crippen molar-refractivity contribution in [2.75, 3.05) is 67.5 Å². The van der Waals surface area contributed by atoms with Crippen molar-refractivity contribution < 1.29 is 16.8 Å². The molecule has 0 radical (unpaired) electrons. The average Bonchev–Trinajstić information content (AvgIpc) is 3.91. The van der Waals surface area contributed by atoms with Crippen LogP contribution in [0.3, 0.4) is 0 Å². The summed E-state index contributed by atoms with van der Waals surface area (Å²) in [7, 11) is -6.26. The van der Waals surface area contributed by atoms with Crippen LogP contribution >= 0.6 is 11.8 Å². The van der Waals surface area contributed by atoms with Crippen LogP contribution < -0.4 is 15.1 Å². The van der Waals surface area contributed by atoms with Crippen molar-refractivity contribution in [1.29, 1.82) is 0 Å². The van der Waals surface area contributed by atoms with Gasteiger partial charge in [-0.25, -0.2) is 16.8 Å². The molecule has 1 N–H and O–H groups in total. The van der Waals surface area contributed by atoms with Gasteiger partial charge in [0.25, 0.3) is 0 Å². The molecule has 0 bridgehead atoms. The molecule has 0 amide bonds. The maximum atomic E-state index is 12.7. The molecule has 0 atom stereocenters. The first-order valence-electron chi connectivity index (χ1n) is 15.5. The van der Waals surface area contributed by atoms with Gasteiger partial charge in [-0.3, -0.25) is 0 Å². The van der Waals surface area contributed by atoms with Gasteiger partial charge in [0.05, 0.1) is 21.9 Å². The molecule has 2 saturated heterocycles. The van der Waals surface area contributed by atoms with Gasteiger partial charge in [0, 0.05) is 73.5 Å². The van der Waals surface area contributed by atoms with Crippen LogP contribution in [0.15, 0.2) is 34.1 Å². The zero-order chi connectivity index (χ0) is 29.2. The first kappa shape index (κ1) is 28.8. The van der Waals surface area contributed by atoms with E-state index in [1.807, 2.05) is 0 Å². The van der Waals surface area contributed by atoms with Crippen molar-refractivity contribution in [2.45, 2.75) is 72.7 Å². The Morgan fingerprint density at radius 1 is 0.643 bits per heavy atom. The second kappa shape index (κ2) is 10.9. The molecule has 0 spiro atoms. The third-order valence-corrected chi connectivity index (χ3v) is 15.3. The van der Waals surface area contributed by atoms with E-state index >= 15 is 0 Å². The van der Waals surface area contributed by atoms with Gasteiger partial charge >= 0.3 is 0 Å². The fraction of sp³-hybridized carbons (Fsp3) is 0.600. The molecular weight excluding hydrogens is 591 g/mol. The van der Waals surface area contributed by atoms with Crippen LogP contribution in [0.1, 0.15) is 50.7 Å². The maximum absolute atomic E-state index is 12.7. The van der Waals surface area contributed by atoms with E-state index in [0.29, 0.717) is 52.4 Å². The number of fused-ring (bicyclic) bond motifs is 2. The molecule has 7 rings (SSSR count). The number of hydrogen-bond donors (Lipinski definition) is 1. The highest BCUT2D eigenvalue weighted by atomic mass is 32.2. The minimum Gasteiger partial charge on any atom is -0.369 e. The maximum Gasteiger partial charge on any atom is 0.217 e. The molecule has 5 aliphatic rings. The summed E-state index contributed by atoms with van der Waals surface area (Å²) in [5.41, 5.74) is 7.21. The van der Waals surface area contributed by atoms with E-state index in [4.69, 9.17) is 0 Å². The number of rotatable bonds is 8. The highest BCUT2D eigenvalue weighted by molar-refractivity contribution is 7.99. The van der Waals surface area contributed by atoms with E-state index in [1.54, 1.807) is 20.4 Å². The van der Waals surface area contributed by atoms with Crippen LogP contribution in [-0.4, -0.2) is 88.3 Å². The van der Waals surface area contributed by atoms with Gasteiger partial charge in [-0.15, -0.1) is 0 Å². The van der Waals surface area contributed by atoms with E-state index in [2.05, 4.69) is 53.2 Å². The van der Waals surface area contributed by atoms with Crippen molar-refractivity contribution in [3.63, 3.8) is 0 Å². The lowest BCUT2D eigenvalue weighted by Gasteiger charge is -2.37.